The second-order valence-corrected chi connectivity index (χ2v) is 5.26. The zero-order valence-electron chi connectivity index (χ0n) is 11.4. The standard InChI is InChI=1S/C12H23NO4/c1-12(2,3)17-11(14)13-9(8-15-4)6-7-10(13)16-5/h9-10H,6-8H2,1-5H3/t9-,10-/m1/s1. The normalized spacial score (nSPS) is 25.1. The Morgan fingerprint density at radius 1 is 1.29 bits per heavy atom. The number of rotatable bonds is 3. The number of likely N-dealkylation sites (tertiary alicyclic amines) is 1. The summed E-state index contributed by atoms with van der Waals surface area (Å²) in [6.07, 6.45) is 1.17. The topological polar surface area (TPSA) is 48.0 Å². The molecule has 2 atom stereocenters. The molecule has 0 aromatic heterocycles. The van der Waals surface area contributed by atoms with Gasteiger partial charge in [-0.05, 0) is 33.6 Å². The Morgan fingerprint density at radius 2 is 1.94 bits per heavy atom. The molecule has 1 saturated heterocycles. The summed E-state index contributed by atoms with van der Waals surface area (Å²) >= 11 is 0. The molecule has 0 saturated carbocycles. The highest BCUT2D eigenvalue weighted by molar-refractivity contribution is 5.69. The minimum absolute atomic E-state index is 0.0415. The number of carbonyl (C=O) groups excluding carboxylic acids is 1. The van der Waals surface area contributed by atoms with Crippen molar-refractivity contribution in [1.29, 1.82) is 0 Å². The molecule has 0 spiro atoms. The predicted molar refractivity (Wildman–Crippen MR) is 63.8 cm³/mol. The number of amides is 1. The number of hydrogen-bond donors (Lipinski definition) is 0. The molecule has 0 aromatic carbocycles. The third-order valence-electron chi connectivity index (χ3n) is 2.69. The van der Waals surface area contributed by atoms with E-state index in [2.05, 4.69) is 0 Å². The van der Waals surface area contributed by atoms with Gasteiger partial charge in [-0.1, -0.05) is 0 Å². The average Bonchev–Trinajstić information content (AvgIpc) is 2.58. The molecule has 1 heterocycles. The Hall–Kier alpha value is -0.810. The van der Waals surface area contributed by atoms with Crippen molar-refractivity contribution in [3.8, 4) is 0 Å². The minimum atomic E-state index is -0.490. The predicted octanol–water partition coefficient (Wildman–Crippen LogP) is 2.00. The van der Waals surface area contributed by atoms with Crippen molar-refractivity contribution in [3.05, 3.63) is 0 Å². The molecule has 0 radical (unpaired) electrons. The van der Waals surface area contributed by atoms with Gasteiger partial charge >= 0.3 is 6.09 Å². The van der Waals surface area contributed by atoms with Crippen LogP contribution in [0.15, 0.2) is 0 Å². The Balaban J connectivity index is 2.70. The fourth-order valence-electron chi connectivity index (χ4n) is 2.02. The second-order valence-electron chi connectivity index (χ2n) is 5.26. The van der Waals surface area contributed by atoms with Crippen molar-refractivity contribution in [2.24, 2.45) is 0 Å². The second kappa shape index (κ2) is 5.69. The van der Waals surface area contributed by atoms with E-state index in [0.29, 0.717) is 6.61 Å². The van der Waals surface area contributed by atoms with Crippen LogP contribution in [-0.2, 0) is 14.2 Å². The van der Waals surface area contributed by atoms with Gasteiger partial charge in [-0.3, -0.25) is 4.90 Å². The van der Waals surface area contributed by atoms with Gasteiger partial charge in [-0.15, -0.1) is 0 Å². The Bertz CT molecular complexity index is 262. The van der Waals surface area contributed by atoms with Gasteiger partial charge in [0.1, 0.15) is 11.8 Å². The quantitative estimate of drug-likeness (QED) is 0.763. The molecule has 5 nitrogen and oxygen atoms in total. The van der Waals surface area contributed by atoms with Crippen LogP contribution in [0.5, 0.6) is 0 Å². The van der Waals surface area contributed by atoms with Crippen LogP contribution in [0.3, 0.4) is 0 Å². The van der Waals surface area contributed by atoms with Crippen LogP contribution in [-0.4, -0.2) is 49.7 Å². The largest absolute Gasteiger partial charge is 0.444 e. The summed E-state index contributed by atoms with van der Waals surface area (Å²) in [7, 11) is 3.24. The molecular formula is C12H23NO4. The minimum Gasteiger partial charge on any atom is -0.444 e. The molecule has 0 unspecified atom stereocenters. The van der Waals surface area contributed by atoms with E-state index in [-0.39, 0.29) is 18.4 Å². The highest BCUT2D eigenvalue weighted by Crippen LogP contribution is 2.27. The van der Waals surface area contributed by atoms with Crippen LogP contribution in [0.4, 0.5) is 4.79 Å². The first-order valence-corrected chi connectivity index (χ1v) is 5.92. The first kappa shape index (κ1) is 14.3. The third kappa shape index (κ3) is 3.85. The highest BCUT2D eigenvalue weighted by atomic mass is 16.6. The van der Waals surface area contributed by atoms with E-state index in [1.807, 2.05) is 20.8 Å². The van der Waals surface area contributed by atoms with Gasteiger partial charge in [0.25, 0.3) is 0 Å². The van der Waals surface area contributed by atoms with Crippen LogP contribution < -0.4 is 0 Å². The van der Waals surface area contributed by atoms with Gasteiger partial charge < -0.3 is 14.2 Å². The fraction of sp³-hybridized carbons (Fsp3) is 0.917. The first-order valence-electron chi connectivity index (χ1n) is 5.92. The van der Waals surface area contributed by atoms with Gasteiger partial charge in [0, 0.05) is 14.2 Å². The zero-order valence-corrected chi connectivity index (χ0v) is 11.4. The SMILES string of the molecule is COC[C@H]1CC[C@@H](OC)N1C(=O)OC(C)(C)C. The molecule has 0 aromatic rings. The van der Waals surface area contributed by atoms with Gasteiger partial charge in [0.2, 0.25) is 0 Å². The summed E-state index contributed by atoms with van der Waals surface area (Å²) in [6.45, 7) is 6.08. The highest BCUT2D eigenvalue weighted by Gasteiger charge is 2.39. The Labute approximate surface area is 103 Å². The van der Waals surface area contributed by atoms with Crippen molar-refractivity contribution in [2.45, 2.75) is 51.5 Å². The van der Waals surface area contributed by atoms with Crippen molar-refractivity contribution in [2.75, 3.05) is 20.8 Å². The molecule has 1 rings (SSSR count). The lowest BCUT2D eigenvalue weighted by atomic mass is 10.2. The molecule has 0 bridgehead atoms. The van der Waals surface area contributed by atoms with Crippen LogP contribution in [0.25, 0.3) is 0 Å². The molecule has 1 amide bonds. The number of ether oxygens (including phenoxy) is 3. The molecular weight excluding hydrogens is 222 g/mol. The number of carbonyl (C=O) groups is 1. The van der Waals surface area contributed by atoms with Gasteiger partial charge in [0.15, 0.2) is 0 Å². The zero-order chi connectivity index (χ0) is 13.1. The number of nitrogens with zero attached hydrogens (tertiary/aromatic N) is 1. The van der Waals surface area contributed by atoms with E-state index >= 15 is 0 Å². The van der Waals surface area contributed by atoms with Crippen molar-refractivity contribution in [3.63, 3.8) is 0 Å². The van der Waals surface area contributed by atoms with E-state index < -0.39 is 5.60 Å². The van der Waals surface area contributed by atoms with Crippen molar-refractivity contribution >= 4 is 6.09 Å². The first-order chi connectivity index (χ1) is 7.89. The maximum Gasteiger partial charge on any atom is 0.412 e. The van der Waals surface area contributed by atoms with Gasteiger partial charge in [-0.25, -0.2) is 4.79 Å². The summed E-state index contributed by atoms with van der Waals surface area (Å²) in [4.78, 5) is 13.7. The van der Waals surface area contributed by atoms with Crippen LogP contribution in [0.1, 0.15) is 33.6 Å². The van der Waals surface area contributed by atoms with E-state index in [1.54, 1.807) is 19.1 Å². The third-order valence-corrected chi connectivity index (χ3v) is 2.69. The summed E-state index contributed by atoms with van der Waals surface area (Å²) in [5.41, 5.74) is -0.490. The van der Waals surface area contributed by atoms with Crippen LogP contribution in [0.2, 0.25) is 0 Å². The smallest absolute Gasteiger partial charge is 0.412 e. The summed E-state index contributed by atoms with van der Waals surface area (Å²) < 4.78 is 15.8. The van der Waals surface area contributed by atoms with Gasteiger partial charge in [0.05, 0.1) is 12.6 Å². The lowest BCUT2D eigenvalue weighted by Crippen LogP contribution is -2.46. The molecule has 1 aliphatic heterocycles. The number of methoxy groups -OCH3 is 2. The molecule has 0 aliphatic carbocycles. The van der Waals surface area contributed by atoms with Gasteiger partial charge in [-0.2, -0.15) is 0 Å². The molecule has 1 fully saturated rings. The van der Waals surface area contributed by atoms with Crippen molar-refractivity contribution in [1.82, 2.24) is 4.90 Å². The molecule has 17 heavy (non-hydrogen) atoms. The molecule has 100 valence electrons. The van der Waals surface area contributed by atoms with E-state index in [4.69, 9.17) is 14.2 Å². The number of hydrogen-bond acceptors (Lipinski definition) is 4. The monoisotopic (exact) mass is 245 g/mol. The molecule has 0 N–H and O–H groups in total. The fourth-order valence-corrected chi connectivity index (χ4v) is 2.02. The van der Waals surface area contributed by atoms with Crippen LogP contribution >= 0.6 is 0 Å². The maximum absolute atomic E-state index is 12.1. The van der Waals surface area contributed by atoms with E-state index in [0.717, 1.165) is 12.8 Å². The van der Waals surface area contributed by atoms with Crippen LogP contribution in [0, 0.1) is 0 Å². The Morgan fingerprint density at radius 3 is 2.41 bits per heavy atom. The average molecular weight is 245 g/mol. The summed E-state index contributed by atoms with van der Waals surface area (Å²) in [5, 5.41) is 0. The van der Waals surface area contributed by atoms with Crippen molar-refractivity contribution < 1.29 is 19.0 Å². The molecule has 1 aliphatic rings. The lowest BCUT2D eigenvalue weighted by Gasteiger charge is -2.31. The summed E-state index contributed by atoms with van der Waals surface area (Å²) in [5.74, 6) is 0. The molecule has 5 heteroatoms. The van der Waals surface area contributed by atoms with E-state index in [1.165, 1.54) is 0 Å². The lowest BCUT2D eigenvalue weighted by molar-refractivity contribution is -0.0492. The summed E-state index contributed by atoms with van der Waals surface area (Å²) in [6, 6.07) is 0.0415. The maximum atomic E-state index is 12.1. The Kier molecular flexibility index (Phi) is 4.77. The van der Waals surface area contributed by atoms with E-state index in [9.17, 15) is 4.79 Å².